The number of carbonyl (C=O) groups is 1. The van der Waals surface area contributed by atoms with E-state index in [0.717, 1.165) is 43.2 Å². The number of hydrogen-bond acceptors (Lipinski definition) is 5. The lowest BCUT2D eigenvalue weighted by atomic mass is 10.1. The molecule has 0 radical (unpaired) electrons. The highest BCUT2D eigenvalue weighted by molar-refractivity contribution is 6.05. The van der Waals surface area contributed by atoms with E-state index < -0.39 is 0 Å². The predicted octanol–water partition coefficient (Wildman–Crippen LogP) is 3.10. The molecule has 0 aromatic heterocycles. The third-order valence-corrected chi connectivity index (χ3v) is 4.45. The highest BCUT2D eigenvalue weighted by Gasteiger charge is 2.14. The molecule has 0 aliphatic carbocycles. The molecule has 1 aliphatic heterocycles. The number of nitrogens with one attached hydrogen (secondary N) is 1. The number of morpholine rings is 1. The number of ether oxygens (including phenoxy) is 3. The third kappa shape index (κ3) is 4.08. The Morgan fingerprint density at radius 3 is 2.27 bits per heavy atom. The first-order valence-corrected chi connectivity index (χ1v) is 8.58. The molecule has 6 nitrogen and oxygen atoms in total. The number of amides is 1. The van der Waals surface area contributed by atoms with Gasteiger partial charge in [0.1, 0.15) is 11.5 Å². The lowest BCUT2D eigenvalue weighted by Crippen LogP contribution is -2.36. The lowest BCUT2D eigenvalue weighted by Gasteiger charge is -2.29. The molecule has 1 saturated heterocycles. The van der Waals surface area contributed by atoms with Gasteiger partial charge in [0.15, 0.2) is 0 Å². The molecule has 0 bridgehead atoms. The molecular weight excluding hydrogens is 332 g/mol. The lowest BCUT2D eigenvalue weighted by molar-refractivity contribution is 0.102. The van der Waals surface area contributed by atoms with Crippen molar-refractivity contribution < 1.29 is 19.0 Å². The summed E-state index contributed by atoms with van der Waals surface area (Å²) in [5.41, 5.74) is 3.43. The second-order valence-electron chi connectivity index (χ2n) is 6.15. The monoisotopic (exact) mass is 356 g/mol. The van der Waals surface area contributed by atoms with Crippen molar-refractivity contribution in [3.63, 3.8) is 0 Å². The van der Waals surface area contributed by atoms with Gasteiger partial charge >= 0.3 is 0 Å². The summed E-state index contributed by atoms with van der Waals surface area (Å²) in [5, 5.41) is 2.97. The number of anilines is 2. The van der Waals surface area contributed by atoms with Crippen molar-refractivity contribution in [3.05, 3.63) is 47.5 Å². The molecule has 0 spiro atoms. The van der Waals surface area contributed by atoms with Gasteiger partial charge in [-0.05, 0) is 42.8 Å². The van der Waals surface area contributed by atoms with Crippen LogP contribution >= 0.6 is 0 Å². The van der Waals surface area contributed by atoms with Gasteiger partial charge < -0.3 is 24.4 Å². The third-order valence-electron chi connectivity index (χ3n) is 4.45. The van der Waals surface area contributed by atoms with E-state index in [-0.39, 0.29) is 5.91 Å². The van der Waals surface area contributed by atoms with Gasteiger partial charge in [-0.3, -0.25) is 4.79 Å². The van der Waals surface area contributed by atoms with Crippen molar-refractivity contribution >= 4 is 17.3 Å². The van der Waals surface area contributed by atoms with Crippen molar-refractivity contribution in [2.75, 3.05) is 50.7 Å². The predicted molar refractivity (Wildman–Crippen MR) is 102 cm³/mol. The quantitative estimate of drug-likeness (QED) is 0.892. The Balaban J connectivity index is 1.77. The molecule has 1 fully saturated rings. The molecule has 1 N–H and O–H groups in total. The van der Waals surface area contributed by atoms with Crippen LogP contribution in [0.25, 0.3) is 0 Å². The maximum atomic E-state index is 12.6. The fraction of sp³-hybridized carbons (Fsp3) is 0.350. The fourth-order valence-corrected chi connectivity index (χ4v) is 2.94. The zero-order valence-electron chi connectivity index (χ0n) is 15.4. The van der Waals surface area contributed by atoms with Gasteiger partial charge in [-0.1, -0.05) is 0 Å². The van der Waals surface area contributed by atoms with Crippen LogP contribution in [0.4, 0.5) is 11.4 Å². The molecule has 3 rings (SSSR count). The van der Waals surface area contributed by atoms with E-state index in [4.69, 9.17) is 14.2 Å². The zero-order valence-corrected chi connectivity index (χ0v) is 15.4. The number of benzene rings is 2. The Morgan fingerprint density at radius 1 is 1.04 bits per heavy atom. The summed E-state index contributed by atoms with van der Waals surface area (Å²) in [6.45, 7) is 5.25. The molecule has 138 valence electrons. The maximum Gasteiger partial charge on any atom is 0.255 e. The van der Waals surface area contributed by atoms with Gasteiger partial charge in [-0.2, -0.15) is 0 Å². The van der Waals surface area contributed by atoms with Crippen LogP contribution in [-0.4, -0.2) is 46.4 Å². The second-order valence-corrected chi connectivity index (χ2v) is 6.15. The molecule has 2 aromatic carbocycles. The van der Waals surface area contributed by atoms with Crippen molar-refractivity contribution in [2.24, 2.45) is 0 Å². The van der Waals surface area contributed by atoms with Crippen molar-refractivity contribution in [2.45, 2.75) is 6.92 Å². The highest BCUT2D eigenvalue weighted by atomic mass is 16.5. The average Bonchev–Trinajstić information content (AvgIpc) is 2.69. The molecule has 1 aliphatic rings. The van der Waals surface area contributed by atoms with Crippen LogP contribution in [0.5, 0.6) is 11.5 Å². The first-order valence-electron chi connectivity index (χ1n) is 8.58. The van der Waals surface area contributed by atoms with Gasteiger partial charge in [0.25, 0.3) is 5.91 Å². The Kier molecular flexibility index (Phi) is 5.63. The number of methoxy groups -OCH3 is 2. The van der Waals surface area contributed by atoms with Crippen LogP contribution < -0.4 is 19.7 Å². The van der Waals surface area contributed by atoms with Gasteiger partial charge in [0.05, 0.1) is 27.4 Å². The van der Waals surface area contributed by atoms with Gasteiger partial charge in [0.2, 0.25) is 0 Å². The largest absolute Gasteiger partial charge is 0.497 e. The molecular formula is C20H24N2O4. The molecule has 0 saturated carbocycles. The van der Waals surface area contributed by atoms with Crippen molar-refractivity contribution in [3.8, 4) is 11.5 Å². The molecule has 6 heteroatoms. The Morgan fingerprint density at radius 2 is 1.69 bits per heavy atom. The van der Waals surface area contributed by atoms with Crippen molar-refractivity contribution in [1.29, 1.82) is 0 Å². The second kappa shape index (κ2) is 8.10. The van der Waals surface area contributed by atoms with Crippen LogP contribution in [0.15, 0.2) is 36.4 Å². The van der Waals surface area contributed by atoms with Crippen LogP contribution in [-0.2, 0) is 4.74 Å². The summed E-state index contributed by atoms with van der Waals surface area (Å²) < 4.78 is 15.9. The SMILES string of the molecule is COc1cc(OC)cc(C(=O)Nc2ccc(N3CCOCC3)cc2C)c1. The van der Waals surface area contributed by atoms with Crippen LogP contribution in [0, 0.1) is 6.92 Å². The standard InChI is InChI=1S/C20H24N2O4/c1-14-10-16(22-6-8-26-9-7-22)4-5-19(14)21-20(23)15-11-17(24-2)13-18(12-15)25-3/h4-5,10-13H,6-9H2,1-3H3,(H,21,23). The number of hydrogen-bond donors (Lipinski definition) is 1. The Bertz CT molecular complexity index is 763. The highest BCUT2D eigenvalue weighted by Crippen LogP contribution is 2.26. The Labute approximate surface area is 153 Å². The first-order chi connectivity index (χ1) is 12.6. The topological polar surface area (TPSA) is 60.0 Å². The summed E-state index contributed by atoms with van der Waals surface area (Å²) in [4.78, 5) is 14.9. The summed E-state index contributed by atoms with van der Waals surface area (Å²) >= 11 is 0. The normalized spacial score (nSPS) is 14.0. The summed E-state index contributed by atoms with van der Waals surface area (Å²) in [5.74, 6) is 0.951. The van der Waals surface area contributed by atoms with E-state index in [1.165, 1.54) is 0 Å². The van der Waals surface area contributed by atoms with Gasteiger partial charge in [0, 0.05) is 36.1 Å². The van der Waals surface area contributed by atoms with E-state index in [1.54, 1.807) is 32.4 Å². The maximum absolute atomic E-state index is 12.6. The minimum absolute atomic E-state index is 0.204. The van der Waals surface area contributed by atoms with Gasteiger partial charge in [-0.25, -0.2) is 0 Å². The minimum Gasteiger partial charge on any atom is -0.497 e. The minimum atomic E-state index is -0.204. The van der Waals surface area contributed by atoms with E-state index in [1.807, 2.05) is 19.1 Å². The molecule has 1 amide bonds. The molecule has 2 aromatic rings. The number of aryl methyl sites for hydroxylation is 1. The average molecular weight is 356 g/mol. The number of rotatable bonds is 5. The first kappa shape index (κ1) is 18.1. The number of nitrogens with zero attached hydrogens (tertiary/aromatic N) is 1. The summed E-state index contributed by atoms with van der Waals surface area (Å²) in [6, 6.07) is 11.2. The zero-order chi connectivity index (χ0) is 18.5. The van der Waals surface area contributed by atoms with E-state index in [9.17, 15) is 4.79 Å². The van der Waals surface area contributed by atoms with Gasteiger partial charge in [-0.15, -0.1) is 0 Å². The van der Waals surface area contributed by atoms with Crippen LogP contribution in [0.2, 0.25) is 0 Å². The molecule has 1 heterocycles. The van der Waals surface area contributed by atoms with Crippen molar-refractivity contribution in [1.82, 2.24) is 0 Å². The molecule has 0 unspecified atom stereocenters. The van der Waals surface area contributed by atoms with Crippen LogP contribution in [0.3, 0.4) is 0 Å². The smallest absolute Gasteiger partial charge is 0.255 e. The summed E-state index contributed by atoms with van der Waals surface area (Å²) in [7, 11) is 3.12. The van der Waals surface area contributed by atoms with Crippen LogP contribution in [0.1, 0.15) is 15.9 Å². The molecule has 0 atom stereocenters. The van der Waals surface area contributed by atoms with E-state index in [2.05, 4.69) is 16.3 Å². The Hall–Kier alpha value is -2.73. The summed E-state index contributed by atoms with van der Waals surface area (Å²) in [6.07, 6.45) is 0. The van der Waals surface area contributed by atoms with E-state index >= 15 is 0 Å². The molecule has 26 heavy (non-hydrogen) atoms. The number of carbonyl (C=O) groups excluding carboxylic acids is 1. The fourth-order valence-electron chi connectivity index (χ4n) is 2.94. The van der Waals surface area contributed by atoms with E-state index in [0.29, 0.717) is 17.1 Å².